The number of hydrogen-bond donors (Lipinski definition) is 2. The predicted molar refractivity (Wildman–Crippen MR) is 108 cm³/mol. The van der Waals surface area contributed by atoms with Gasteiger partial charge in [0.2, 0.25) is 5.91 Å². The predicted octanol–water partition coefficient (Wildman–Crippen LogP) is 4.04. The largest absolute Gasteiger partial charge is 0.457 e. The molecule has 0 fully saturated rings. The molecule has 0 aliphatic heterocycles. The second-order valence-corrected chi connectivity index (χ2v) is 6.75. The maximum atomic E-state index is 12.9. The van der Waals surface area contributed by atoms with Gasteiger partial charge in [-0.05, 0) is 66.8 Å². The zero-order valence-electron chi connectivity index (χ0n) is 14.8. The van der Waals surface area contributed by atoms with E-state index in [9.17, 15) is 9.18 Å². The van der Waals surface area contributed by atoms with E-state index in [-0.39, 0.29) is 24.1 Å². The Kier molecular flexibility index (Phi) is 9.48. The summed E-state index contributed by atoms with van der Waals surface area (Å²) in [5.41, 5.74) is 7.75. The van der Waals surface area contributed by atoms with Crippen molar-refractivity contribution in [3.8, 4) is 11.5 Å². The van der Waals surface area contributed by atoms with Gasteiger partial charge in [0.05, 0.1) is 6.04 Å². The normalized spacial score (nSPS) is 11.4. The molecule has 1 amide bonds. The van der Waals surface area contributed by atoms with E-state index in [0.29, 0.717) is 24.5 Å². The molecule has 0 spiro atoms. The van der Waals surface area contributed by atoms with Crippen molar-refractivity contribution in [2.75, 3.05) is 12.0 Å². The maximum Gasteiger partial charge on any atom is 0.237 e. The Labute approximate surface area is 164 Å². The molecule has 7 heteroatoms. The molecule has 3 N–H and O–H groups in total. The lowest BCUT2D eigenvalue weighted by Crippen LogP contribution is -2.40. The molecule has 1 atom stereocenters. The molecule has 0 saturated heterocycles. The van der Waals surface area contributed by atoms with Gasteiger partial charge in [0.25, 0.3) is 0 Å². The van der Waals surface area contributed by atoms with Gasteiger partial charge < -0.3 is 15.8 Å². The van der Waals surface area contributed by atoms with E-state index in [1.165, 1.54) is 12.1 Å². The van der Waals surface area contributed by atoms with Crippen LogP contribution in [0.1, 0.15) is 17.5 Å². The average molecular weight is 399 g/mol. The van der Waals surface area contributed by atoms with Crippen molar-refractivity contribution in [1.29, 1.82) is 0 Å². The van der Waals surface area contributed by atoms with Crippen molar-refractivity contribution in [3.05, 3.63) is 59.4 Å². The van der Waals surface area contributed by atoms with Crippen molar-refractivity contribution >= 4 is 30.1 Å². The number of carbonyl (C=O) groups is 1. The third-order valence-corrected chi connectivity index (χ3v) is 4.36. The van der Waals surface area contributed by atoms with Gasteiger partial charge in [0.15, 0.2) is 0 Å². The van der Waals surface area contributed by atoms with Gasteiger partial charge in [0.1, 0.15) is 17.3 Å². The molecule has 2 rings (SSSR count). The monoisotopic (exact) mass is 398 g/mol. The number of halogens is 2. The minimum atomic E-state index is -0.477. The van der Waals surface area contributed by atoms with Crippen LogP contribution in [-0.4, -0.2) is 24.0 Å². The highest BCUT2D eigenvalue weighted by molar-refractivity contribution is 7.98. The highest BCUT2D eigenvalue weighted by Gasteiger charge is 2.12. The molecule has 0 radical (unpaired) electrons. The highest BCUT2D eigenvalue weighted by Crippen LogP contribution is 2.25. The minimum Gasteiger partial charge on any atom is -0.457 e. The van der Waals surface area contributed by atoms with Crippen LogP contribution in [0.4, 0.5) is 4.39 Å². The van der Waals surface area contributed by atoms with Crippen molar-refractivity contribution in [2.45, 2.75) is 25.9 Å². The number of rotatable bonds is 8. The van der Waals surface area contributed by atoms with Crippen molar-refractivity contribution in [3.63, 3.8) is 0 Å². The van der Waals surface area contributed by atoms with Crippen molar-refractivity contribution in [2.24, 2.45) is 5.73 Å². The van der Waals surface area contributed by atoms with Crippen molar-refractivity contribution in [1.82, 2.24) is 5.32 Å². The molecular formula is C19H24ClFN2O2S. The van der Waals surface area contributed by atoms with Crippen molar-refractivity contribution < 1.29 is 13.9 Å². The Balaban J connectivity index is 0.00000338. The van der Waals surface area contributed by atoms with Crippen LogP contribution in [-0.2, 0) is 11.3 Å². The Bertz CT molecular complexity index is 713. The number of benzene rings is 2. The molecule has 0 bridgehead atoms. The number of hydrogen-bond acceptors (Lipinski definition) is 4. The number of thioether (sulfide) groups is 1. The van der Waals surface area contributed by atoms with E-state index in [1.807, 2.05) is 31.4 Å². The summed E-state index contributed by atoms with van der Waals surface area (Å²) in [6.45, 7) is 2.35. The molecule has 0 aliphatic carbocycles. The van der Waals surface area contributed by atoms with Gasteiger partial charge in [-0.15, -0.1) is 12.4 Å². The zero-order chi connectivity index (χ0) is 18.2. The number of ether oxygens (including phenoxy) is 1. The molecular weight excluding hydrogens is 375 g/mol. The molecule has 142 valence electrons. The molecule has 0 aromatic heterocycles. The lowest BCUT2D eigenvalue weighted by atomic mass is 10.1. The van der Waals surface area contributed by atoms with Crippen LogP contribution in [0.15, 0.2) is 42.5 Å². The summed E-state index contributed by atoms with van der Waals surface area (Å²) in [6.07, 6.45) is 2.65. The first-order valence-electron chi connectivity index (χ1n) is 8.05. The van der Waals surface area contributed by atoms with Gasteiger partial charge >= 0.3 is 0 Å². The lowest BCUT2D eigenvalue weighted by Gasteiger charge is -2.13. The first-order valence-corrected chi connectivity index (χ1v) is 9.44. The van der Waals surface area contributed by atoms with Crippen LogP contribution in [0.2, 0.25) is 0 Å². The molecule has 0 aliphatic rings. The summed E-state index contributed by atoms with van der Waals surface area (Å²) in [6, 6.07) is 11.1. The third kappa shape index (κ3) is 6.86. The first kappa shape index (κ1) is 22.3. The van der Waals surface area contributed by atoms with Crippen LogP contribution in [0.5, 0.6) is 11.5 Å². The van der Waals surface area contributed by atoms with E-state index < -0.39 is 6.04 Å². The fraction of sp³-hybridized carbons (Fsp3) is 0.316. The Morgan fingerprint density at radius 3 is 2.58 bits per heavy atom. The van der Waals surface area contributed by atoms with Gasteiger partial charge in [-0.25, -0.2) is 4.39 Å². The van der Waals surface area contributed by atoms with Crippen LogP contribution < -0.4 is 15.8 Å². The van der Waals surface area contributed by atoms with Crippen LogP contribution in [0.25, 0.3) is 0 Å². The quantitative estimate of drug-likeness (QED) is 0.704. The fourth-order valence-electron chi connectivity index (χ4n) is 2.26. The SMILES string of the molecule is CSCC[C@H](N)C(=O)NCc1ccc(Oc2ccc(F)cc2)c(C)c1.Cl. The summed E-state index contributed by atoms with van der Waals surface area (Å²) in [4.78, 5) is 11.9. The number of nitrogens with two attached hydrogens (primary N) is 1. The molecule has 0 heterocycles. The number of nitrogens with one attached hydrogen (secondary N) is 1. The van der Waals surface area contributed by atoms with Crippen LogP contribution in [0.3, 0.4) is 0 Å². The molecule has 0 unspecified atom stereocenters. The highest BCUT2D eigenvalue weighted by atomic mass is 35.5. The summed E-state index contributed by atoms with van der Waals surface area (Å²) >= 11 is 1.67. The second kappa shape index (κ2) is 11.1. The van der Waals surface area contributed by atoms with Gasteiger partial charge in [0, 0.05) is 6.54 Å². The summed E-state index contributed by atoms with van der Waals surface area (Å²) in [5, 5.41) is 2.85. The number of carbonyl (C=O) groups excluding carboxylic acids is 1. The third-order valence-electron chi connectivity index (χ3n) is 3.72. The Morgan fingerprint density at radius 1 is 1.27 bits per heavy atom. The van der Waals surface area contributed by atoms with Crippen LogP contribution >= 0.6 is 24.2 Å². The minimum absolute atomic E-state index is 0. The zero-order valence-corrected chi connectivity index (χ0v) is 16.5. The number of amides is 1. The molecule has 4 nitrogen and oxygen atoms in total. The molecule has 2 aromatic rings. The fourth-order valence-corrected chi connectivity index (χ4v) is 2.75. The first-order chi connectivity index (χ1) is 12.0. The van der Waals surface area contributed by atoms with E-state index >= 15 is 0 Å². The maximum absolute atomic E-state index is 12.9. The van der Waals surface area contributed by atoms with E-state index in [4.69, 9.17) is 10.5 Å². The average Bonchev–Trinajstić information content (AvgIpc) is 2.61. The van der Waals surface area contributed by atoms with E-state index in [2.05, 4.69) is 5.32 Å². The van der Waals surface area contributed by atoms with Gasteiger partial charge in [-0.2, -0.15) is 11.8 Å². The van der Waals surface area contributed by atoms with Gasteiger partial charge in [-0.1, -0.05) is 12.1 Å². The topological polar surface area (TPSA) is 64.4 Å². The van der Waals surface area contributed by atoms with E-state index in [1.54, 1.807) is 23.9 Å². The van der Waals surface area contributed by atoms with Crippen LogP contribution in [0, 0.1) is 12.7 Å². The number of aryl methyl sites for hydroxylation is 1. The second-order valence-electron chi connectivity index (χ2n) is 5.76. The smallest absolute Gasteiger partial charge is 0.237 e. The lowest BCUT2D eigenvalue weighted by molar-refractivity contribution is -0.122. The summed E-state index contributed by atoms with van der Waals surface area (Å²) < 4.78 is 18.7. The Morgan fingerprint density at radius 2 is 1.96 bits per heavy atom. The molecule has 26 heavy (non-hydrogen) atoms. The summed E-state index contributed by atoms with van der Waals surface area (Å²) in [7, 11) is 0. The van der Waals surface area contributed by atoms with Gasteiger partial charge in [-0.3, -0.25) is 4.79 Å². The molecule has 0 saturated carbocycles. The molecule has 2 aromatic carbocycles. The summed E-state index contributed by atoms with van der Waals surface area (Å²) in [5.74, 6) is 1.69. The van der Waals surface area contributed by atoms with E-state index in [0.717, 1.165) is 16.9 Å². The Hall–Kier alpha value is -1.76. The standard InChI is InChI=1S/C19H23FN2O2S.ClH/c1-13-11-14(12-22-19(23)17(21)9-10-25-2)3-8-18(13)24-16-6-4-15(20)5-7-16;/h3-8,11,17H,9-10,12,21H2,1-2H3,(H,22,23);1H/t17-;/m0./s1.